The van der Waals surface area contributed by atoms with E-state index in [1.807, 2.05) is 0 Å². The summed E-state index contributed by atoms with van der Waals surface area (Å²) < 4.78 is 44.9. The summed E-state index contributed by atoms with van der Waals surface area (Å²) in [5, 5.41) is 6.13. The van der Waals surface area contributed by atoms with Gasteiger partial charge in [-0.2, -0.15) is 18.2 Å². The van der Waals surface area contributed by atoms with Gasteiger partial charge in [0.25, 0.3) is 0 Å². The molecule has 2 fully saturated rings. The Labute approximate surface area is 155 Å². The number of morpholine rings is 1. The van der Waals surface area contributed by atoms with Gasteiger partial charge in [0.05, 0.1) is 13.2 Å². The fraction of sp³-hybridized carbons (Fsp3) is 0.688. The Balaban J connectivity index is 1.75. The van der Waals surface area contributed by atoms with Gasteiger partial charge in [0.15, 0.2) is 10.8 Å². The van der Waals surface area contributed by atoms with Crippen molar-refractivity contribution in [1.29, 1.82) is 0 Å². The molecule has 0 aromatic carbocycles. The molecule has 3 rings (SSSR count). The van der Waals surface area contributed by atoms with Gasteiger partial charge in [-0.3, -0.25) is 0 Å². The van der Waals surface area contributed by atoms with Crippen LogP contribution < -0.4 is 15.5 Å². The van der Waals surface area contributed by atoms with E-state index in [0.29, 0.717) is 26.3 Å². The minimum Gasteiger partial charge on any atom is -0.378 e. The highest BCUT2D eigenvalue weighted by Gasteiger charge is 2.34. The lowest BCUT2D eigenvalue weighted by Crippen LogP contribution is -2.40. The Kier molecular flexibility index (Phi) is 6.13. The summed E-state index contributed by atoms with van der Waals surface area (Å²) in [7, 11) is 0. The Bertz CT molecular complexity index is 631. The van der Waals surface area contributed by atoms with Crippen LogP contribution in [-0.4, -0.2) is 47.4 Å². The third-order valence-corrected chi connectivity index (χ3v) is 4.72. The average molecular weight is 389 g/mol. The largest absolute Gasteiger partial charge is 0.433 e. The predicted molar refractivity (Wildman–Crippen MR) is 96.3 cm³/mol. The van der Waals surface area contributed by atoms with Crippen molar-refractivity contribution in [2.45, 2.75) is 44.3 Å². The van der Waals surface area contributed by atoms with E-state index >= 15 is 0 Å². The van der Waals surface area contributed by atoms with E-state index in [1.54, 1.807) is 4.90 Å². The van der Waals surface area contributed by atoms with Gasteiger partial charge in [0.2, 0.25) is 5.95 Å². The molecular formula is C16H22F3N5OS. The molecule has 0 spiro atoms. The minimum atomic E-state index is -4.56. The summed E-state index contributed by atoms with van der Waals surface area (Å²) in [6.45, 7) is 1.88. The number of ether oxygens (including phenoxy) is 1. The van der Waals surface area contributed by atoms with Crippen LogP contribution in [0.2, 0.25) is 0 Å². The number of rotatable bonds is 3. The molecule has 0 unspecified atom stereocenters. The molecule has 0 radical (unpaired) electrons. The number of thiocarbonyl (C=S) groups is 1. The fourth-order valence-corrected chi connectivity index (χ4v) is 3.42. The van der Waals surface area contributed by atoms with Crippen LogP contribution in [0.3, 0.4) is 0 Å². The molecule has 1 aliphatic carbocycles. The van der Waals surface area contributed by atoms with Crippen molar-refractivity contribution < 1.29 is 17.9 Å². The highest BCUT2D eigenvalue weighted by molar-refractivity contribution is 7.80. The first-order chi connectivity index (χ1) is 12.4. The van der Waals surface area contributed by atoms with Crippen LogP contribution in [0, 0.1) is 0 Å². The maximum absolute atomic E-state index is 13.2. The van der Waals surface area contributed by atoms with Crippen LogP contribution in [-0.2, 0) is 10.9 Å². The minimum absolute atomic E-state index is 0.144. The number of hydrogen-bond donors (Lipinski definition) is 2. The SMILES string of the molecule is FC(F)(F)c1cc(N2CCOCC2)nc(NC(=S)NC2CCCCC2)n1. The van der Waals surface area contributed by atoms with E-state index in [1.165, 1.54) is 6.42 Å². The molecule has 2 N–H and O–H groups in total. The summed E-state index contributed by atoms with van der Waals surface area (Å²) in [4.78, 5) is 9.58. The van der Waals surface area contributed by atoms with Crippen molar-refractivity contribution in [1.82, 2.24) is 15.3 Å². The molecule has 6 nitrogen and oxygen atoms in total. The zero-order valence-electron chi connectivity index (χ0n) is 14.3. The van der Waals surface area contributed by atoms with Crippen molar-refractivity contribution in [2.75, 3.05) is 36.5 Å². The number of halogens is 3. The van der Waals surface area contributed by atoms with E-state index in [-0.39, 0.29) is 22.9 Å². The van der Waals surface area contributed by atoms with Crippen molar-refractivity contribution in [3.63, 3.8) is 0 Å². The molecule has 1 aliphatic heterocycles. The van der Waals surface area contributed by atoms with Gasteiger partial charge in [-0.15, -0.1) is 0 Å². The third-order valence-electron chi connectivity index (χ3n) is 4.50. The van der Waals surface area contributed by atoms with Gasteiger partial charge in [-0.25, -0.2) is 4.98 Å². The summed E-state index contributed by atoms with van der Waals surface area (Å²) >= 11 is 5.24. The van der Waals surface area contributed by atoms with Crippen molar-refractivity contribution in [3.05, 3.63) is 11.8 Å². The summed E-state index contributed by atoms with van der Waals surface area (Å²) in [6, 6.07) is 1.21. The maximum atomic E-state index is 13.2. The normalized spacial score (nSPS) is 19.3. The molecule has 0 bridgehead atoms. The molecule has 10 heteroatoms. The molecule has 2 aliphatic rings. The van der Waals surface area contributed by atoms with E-state index < -0.39 is 11.9 Å². The Hall–Kier alpha value is -1.68. The third kappa shape index (κ3) is 5.16. The lowest BCUT2D eigenvalue weighted by atomic mass is 9.96. The number of anilines is 2. The molecule has 0 atom stereocenters. The highest BCUT2D eigenvalue weighted by Crippen LogP contribution is 2.30. The number of nitrogens with one attached hydrogen (secondary N) is 2. The summed E-state index contributed by atoms with van der Waals surface area (Å²) in [6.07, 6.45) is 0.911. The standard InChI is InChI=1S/C16H22F3N5OS/c17-16(18,19)12-10-13(24-6-8-25-9-7-24)22-14(21-12)23-15(26)20-11-4-2-1-3-5-11/h10-11H,1-9H2,(H2,20,21,22,23,26). The molecule has 144 valence electrons. The van der Waals surface area contributed by atoms with E-state index in [9.17, 15) is 13.2 Å². The first kappa shape index (κ1) is 19.1. The maximum Gasteiger partial charge on any atom is 0.433 e. The number of aromatic nitrogens is 2. The molecule has 26 heavy (non-hydrogen) atoms. The Morgan fingerprint density at radius 2 is 1.85 bits per heavy atom. The van der Waals surface area contributed by atoms with E-state index in [0.717, 1.165) is 31.7 Å². The molecule has 1 saturated heterocycles. The highest BCUT2D eigenvalue weighted by atomic mass is 32.1. The topological polar surface area (TPSA) is 62.3 Å². The van der Waals surface area contributed by atoms with Crippen molar-refractivity contribution in [2.24, 2.45) is 0 Å². The molecule has 0 amide bonds. The fourth-order valence-electron chi connectivity index (χ4n) is 3.16. The van der Waals surface area contributed by atoms with Crippen molar-refractivity contribution in [3.8, 4) is 0 Å². The van der Waals surface area contributed by atoms with Crippen molar-refractivity contribution >= 4 is 29.1 Å². The lowest BCUT2D eigenvalue weighted by Gasteiger charge is -2.28. The number of hydrogen-bond acceptors (Lipinski definition) is 5. The molecule has 1 saturated carbocycles. The van der Waals surface area contributed by atoms with Gasteiger partial charge >= 0.3 is 6.18 Å². The van der Waals surface area contributed by atoms with Gasteiger partial charge < -0.3 is 20.3 Å². The second-order valence-corrected chi connectivity index (χ2v) is 6.87. The quantitative estimate of drug-likeness (QED) is 0.771. The van der Waals surface area contributed by atoms with Gasteiger partial charge in [-0.05, 0) is 25.1 Å². The first-order valence-electron chi connectivity index (χ1n) is 8.78. The van der Waals surface area contributed by atoms with Crippen LogP contribution in [0.1, 0.15) is 37.8 Å². The van der Waals surface area contributed by atoms with Crippen LogP contribution in [0.15, 0.2) is 6.07 Å². The summed E-state index contributed by atoms with van der Waals surface area (Å²) in [5.74, 6) is 0.0771. The van der Waals surface area contributed by atoms with Gasteiger partial charge in [0.1, 0.15) is 5.82 Å². The molecule has 1 aromatic rings. The van der Waals surface area contributed by atoms with Crippen LogP contribution in [0.25, 0.3) is 0 Å². The second-order valence-electron chi connectivity index (χ2n) is 6.47. The van der Waals surface area contributed by atoms with E-state index in [2.05, 4.69) is 20.6 Å². The molecular weight excluding hydrogens is 367 g/mol. The number of alkyl halides is 3. The first-order valence-corrected chi connectivity index (χ1v) is 9.19. The lowest BCUT2D eigenvalue weighted by molar-refractivity contribution is -0.141. The Morgan fingerprint density at radius 1 is 1.15 bits per heavy atom. The zero-order valence-corrected chi connectivity index (χ0v) is 15.1. The van der Waals surface area contributed by atoms with Gasteiger partial charge in [0, 0.05) is 25.2 Å². The summed E-state index contributed by atoms with van der Waals surface area (Å²) in [5.41, 5.74) is -0.989. The second kappa shape index (κ2) is 8.34. The van der Waals surface area contributed by atoms with Crippen LogP contribution in [0.5, 0.6) is 0 Å². The van der Waals surface area contributed by atoms with E-state index in [4.69, 9.17) is 17.0 Å². The van der Waals surface area contributed by atoms with Crippen LogP contribution >= 0.6 is 12.2 Å². The Morgan fingerprint density at radius 3 is 2.50 bits per heavy atom. The average Bonchev–Trinajstić information content (AvgIpc) is 2.62. The van der Waals surface area contributed by atoms with Crippen LogP contribution in [0.4, 0.5) is 24.9 Å². The predicted octanol–water partition coefficient (Wildman–Crippen LogP) is 2.95. The molecule has 1 aromatic heterocycles. The number of nitrogens with zero attached hydrogens (tertiary/aromatic N) is 3. The monoisotopic (exact) mass is 389 g/mol. The molecule has 2 heterocycles. The smallest absolute Gasteiger partial charge is 0.378 e. The zero-order chi connectivity index (χ0) is 18.6. The van der Waals surface area contributed by atoms with Gasteiger partial charge in [-0.1, -0.05) is 19.3 Å².